The Balaban J connectivity index is 3.33. The number of hydrogen-bond donors (Lipinski definition) is 0. The average Bonchev–Trinajstić information content (AvgIpc) is 2.47. The van der Waals surface area contributed by atoms with Crippen molar-refractivity contribution in [2.45, 2.75) is 46.3 Å². The first-order valence-electron chi connectivity index (χ1n) is 6.36. The molecule has 104 valence electrons. The van der Waals surface area contributed by atoms with E-state index in [1.165, 1.54) is 4.57 Å². The molecule has 6 heteroatoms. The maximum Gasteiger partial charge on any atom is 0.347 e. The Labute approximate surface area is 107 Å². The molecule has 1 rings (SSSR count). The largest absolute Gasteiger partial charge is 0.347 e. The molecular weight excluding hydrogens is 232 g/mol. The van der Waals surface area contributed by atoms with Gasteiger partial charge in [0.1, 0.15) is 0 Å². The van der Waals surface area contributed by atoms with E-state index in [2.05, 4.69) is 0 Å². The van der Waals surface area contributed by atoms with E-state index in [9.17, 15) is 9.59 Å². The van der Waals surface area contributed by atoms with Crippen LogP contribution in [0.3, 0.4) is 0 Å². The van der Waals surface area contributed by atoms with Crippen LogP contribution < -0.4 is 11.4 Å². The third kappa shape index (κ3) is 2.75. The fourth-order valence-electron chi connectivity index (χ4n) is 1.94. The van der Waals surface area contributed by atoms with Gasteiger partial charge < -0.3 is 4.90 Å². The van der Waals surface area contributed by atoms with Gasteiger partial charge in [0.2, 0.25) is 0 Å². The van der Waals surface area contributed by atoms with Crippen molar-refractivity contribution >= 4 is 0 Å². The lowest BCUT2D eigenvalue weighted by molar-refractivity contribution is 0.357. The Bertz CT molecular complexity index is 466. The van der Waals surface area contributed by atoms with E-state index in [4.69, 9.17) is 0 Å². The molecule has 0 fully saturated rings. The zero-order valence-corrected chi connectivity index (χ0v) is 12.2. The number of aromatic nitrogens is 3. The lowest BCUT2D eigenvalue weighted by atomic mass is 10.4. The van der Waals surface area contributed by atoms with Gasteiger partial charge in [-0.2, -0.15) is 0 Å². The molecule has 0 atom stereocenters. The van der Waals surface area contributed by atoms with Gasteiger partial charge >= 0.3 is 11.4 Å². The summed E-state index contributed by atoms with van der Waals surface area (Å²) < 4.78 is 4.41. The molecule has 0 radical (unpaired) electrons. The summed E-state index contributed by atoms with van der Waals surface area (Å²) in [6, 6.07) is -0.0404. The van der Waals surface area contributed by atoms with Crippen LogP contribution in [0.1, 0.15) is 39.8 Å². The second-order valence-electron chi connectivity index (χ2n) is 5.40. The van der Waals surface area contributed by atoms with Crippen molar-refractivity contribution in [2.24, 2.45) is 0 Å². The predicted molar refractivity (Wildman–Crippen MR) is 72.3 cm³/mol. The second-order valence-corrected chi connectivity index (χ2v) is 5.40. The summed E-state index contributed by atoms with van der Waals surface area (Å²) >= 11 is 0. The molecule has 0 aliphatic carbocycles. The summed E-state index contributed by atoms with van der Waals surface area (Å²) in [4.78, 5) is 26.5. The molecule has 0 bridgehead atoms. The Kier molecular flexibility index (Phi) is 4.56. The fourth-order valence-corrected chi connectivity index (χ4v) is 1.94. The minimum Gasteiger partial charge on any atom is -0.308 e. The topological polar surface area (TPSA) is 52.2 Å². The Morgan fingerprint density at radius 2 is 1.33 bits per heavy atom. The van der Waals surface area contributed by atoms with Crippen LogP contribution >= 0.6 is 0 Å². The van der Waals surface area contributed by atoms with Crippen molar-refractivity contribution in [3.63, 3.8) is 0 Å². The smallest absolute Gasteiger partial charge is 0.308 e. The molecule has 1 heterocycles. The average molecular weight is 256 g/mol. The quantitative estimate of drug-likeness (QED) is 0.772. The molecule has 0 amide bonds. The van der Waals surface area contributed by atoms with Crippen molar-refractivity contribution in [1.29, 1.82) is 0 Å². The van der Waals surface area contributed by atoms with E-state index >= 15 is 0 Å². The lowest BCUT2D eigenvalue weighted by Crippen LogP contribution is -2.33. The molecule has 0 aliphatic heterocycles. The molecule has 0 unspecified atom stereocenters. The van der Waals surface area contributed by atoms with Gasteiger partial charge in [0.25, 0.3) is 0 Å². The van der Waals surface area contributed by atoms with Crippen molar-refractivity contribution in [3.8, 4) is 0 Å². The SMILES string of the molecule is CC(C)n1c(=O)n(CCN(C)C)c(=O)n1C(C)C. The lowest BCUT2D eigenvalue weighted by Gasteiger charge is -2.15. The van der Waals surface area contributed by atoms with Crippen LogP contribution in [-0.4, -0.2) is 39.5 Å². The van der Waals surface area contributed by atoms with Crippen LogP contribution in [0.2, 0.25) is 0 Å². The van der Waals surface area contributed by atoms with Crippen LogP contribution in [-0.2, 0) is 6.54 Å². The number of rotatable bonds is 5. The molecule has 0 spiro atoms. The van der Waals surface area contributed by atoms with Gasteiger partial charge in [-0.05, 0) is 41.8 Å². The molecule has 6 nitrogen and oxygen atoms in total. The van der Waals surface area contributed by atoms with Crippen molar-refractivity contribution in [3.05, 3.63) is 21.0 Å². The molecule has 1 aromatic rings. The van der Waals surface area contributed by atoms with Crippen LogP contribution in [0.4, 0.5) is 0 Å². The van der Waals surface area contributed by atoms with Crippen LogP contribution in [0.15, 0.2) is 9.59 Å². The van der Waals surface area contributed by atoms with Gasteiger partial charge in [0, 0.05) is 25.2 Å². The first-order chi connectivity index (χ1) is 8.27. The van der Waals surface area contributed by atoms with E-state index < -0.39 is 0 Å². The third-order valence-electron chi connectivity index (χ3n) is 2.84. The van der Waals surface area contributed by atoms with E-state index in [1.54, 1.807) is 9.36 Å². The summed E-state index contributed by atoms with van der Waals surface area (Å²) in [5, 5.41) is 0. The van der Waals surface area contributed by atoms with Gasteiger partial charge in [0.05, 0.1) is 0 Å². The van der Waals surface area contributed by atoms with Gasteiger partial charge in [0.15, 0.2) is 0 Å². The highest BCUT2D eigenvalue weighted by molar-refractivity contribution is 4.79. The Morgan fingerprint density at radius 1 is 0.944 bits per heavy atom. The van der Waals surface area contributed by atoms with Crippen LogP contribution in [0.25, 0.3) is 0 Å². The Morgan fingerprint density at radius 3 is 1.61 bits per heavy atom. The van der Waals surface area contributed by atoms with Crippen LogP contribution in [0.5, 0.6) is 0 Å². The summed E-state index contributed by atoms with van der Waals surface area (Å²) in [5.41, 5.74) is -0.434. The minimum atomic E-state index is -0.217. The van der Waals surface area contributed by atoms with Crippen molar-refractivity contribution < 1.29 is 0 Å². The normalized spacial score (nSPS) is 12.1. The number of likely N-dealkylation sites (N-methyl/N-ethyl adjacent to an activating group) is 1. The number of hydrogen-bond acceptors (Lipinski definition) is 3. The van der Waals surface area contributed by atoms with Crippen molar-refractivity contribution in [1.82, 2.24) is 18.8 Å². The van der Waals surface area contributed by atoms with Gasteiger partial charge in [-0.25, -0.2) is 23.5 Å². The van der Waals surface area contributed by atoms with Gasteiger partial charge in [-0.1, -0.05) is 0 Å². The minimum absolute atomic E-state index is 0.0202. The summed E-state index contributed by atoms with van der Waals surface area (Å²) in [6.07, 6.45) is 0. The highest BCUT2D eigenvalue weighted by Gasteiger charge is 2.19. The standard InChI is InChI=1S/C12H24N4O2/c1-9(2)15-11(17)14(8-7-13(5)6)12(18)16(15)10(3)4/h9-10H,7-8H2,1-6H3. The van der Waals surface area contributed by atoms with E-state index in [0.717, 1.165) is 0 Å². The highest BCUT2D eigenvalue weighted by atomic mass is 16.2. The van der Waals surface area contributed by atoms with Crippen LogP contribution in [0, 0.1) is 0 Å². The summed E-state index contributed by atoms with van der Waals surface area (Å²) in [5.74, 6) is 0. The maximum atomic E-state index is 12.3. The van der Waals surface area contributed by atoms with E-state index in [1.807, 2.05) is 46.7 Å². The first kappa shape index (κ1) is 14.8. The molecule has 0 saturated heterocycles. The molecule has 0 aromatic carbocycles. The first-order valence-corrected chi connectivity index (χ1v) is 6.36. The fraction of sp³-hybridized carbons (Fsp3) is 0.833. The van der Waals surface area contributed by atoms with E-state index in [-0.39, 0.29) is 23.5 Å². The summed E-state index contributed by atoms with van der Waals surface area (Å²) in [6.45, 7) is 8.75. The zero-order chi connectivity index (χ0) is 14.0. The molecule has 1 aromatic heterocycles. The maximum absolute atomic E-state index is 12.3. The second kappa shape index (κ2) is 5.56. The predicted octanol–water partition coefficient (Wildman–Crippen LogP) is 0.535. The molecule has 0 aliphatic rings. The van der Waals surface area contributed by atoms with Gasteiger partial charge in [-0.3, -0.25) is 0 Å². The van der Waals surface area contributed by atoms with Gasteiger partial charge in [-0.15, -0.1) is 0 Å². The third-order valence-corrected chi connectivity index (χ3v) is 2.84. The van der Waals surface area contributed by atoms with Crippen molar-refractivity contribution in [2.75, 3.05) is 20.6 Å². The molecular formula is C12H24N4O2. The molecule has 0 N–H and O–H groups in total. The van der Waals surface area contributed by atoms with E-state index in [0.29, 0.717) is 13.1 Å². The highest BCUT2D eigenvalue weighted by Crippen LogP contribution is 2.04. The summed E-state index contributed by atoms with van der Waals surface area (Å²) in [7, 11) is 3.84. The molecule has 18 heavy (non-hydrogen) atoms. The zero-order valence-electron chi connectivity index (χ0n) is 12.2. The molecule has 0 saturated carbocycles. The number of nitrogens with zero attached hydrogens (tertiary/aromatic N) is 4. The monoisotopic (exact) mass is 256 g/mol. The Hall–Kier alpha value is -1.30.